The Labute approximate surface area is 271 Å². The first-order chi connectivity index (χ1) is 22.2. The topological polar surface area (TPSA) is 138 Å². The first-order valence-electron chi connectivity index (χ1n) is 15.0. The number of ether oxygens (including phenoxy) is 2. The van der Waals surface area contributed by atoms with Crippen molar-refractivity contribution in [2.24, 2.45) is 0 Å². The molecule has 0 radical (unpaired) electrons. The zero-order valence-electron chi connectivity index (χ0n) is 26.5. The fourth-order valence-corrected chi connectivity index (χ4v) is 6.00. The third-order valence-corrected chi connectivity index (χ3v) is 9.44. The zero-order chi connectivity index (χ0) is 33.9. The monoisotopic (exact) mass is 677 g/mol. The third kappa shape index (κ3) is 8.23. The number of hydrogen-bond donors (Lipinski definition) is 3. The number of anilines is 4. The summed E-state index contributed by atoms with van der Waals surface area (Å²) in [6, 6.07) is 10.1. The molecule has 3 aromatic rings. The number of carbonyl (C=O) groups is 1. The van der Waals surface area contributed by atoms with Crippen LogP contribution in [-0.4, -0.2) is 88.0 Å². The van der Waals surface area contributed by atoms with E-state index in [1.807, 2.05) is 0 Å². The van der Waals surface area contributed by atoms with Crippen molar-refractivity contribution < 1.29 is 35.9 Å². The number of halogens is 3. The van der Waals surface area contributed by atoms with Gasteiger partial charge in [0.2, 0.25) is 16.0 Å². The van der Waals surface area contributed by atoms with Crippen LogP contribution < -0.4 is 25.0 Å². The second-order valence-corrected chi connectivity index (χ2v) is 13.7. The lowest BCUT2D eigenvalue weighted by Crippen LogP contribution is -2.56. The van der Waals surface area contributed by atoms with Gasteiger partial charge in [-0.3, -0.25) is 14.0 Å². The summed E-state index contributed by atoms with van der Waals surface area (Å²) in [5.74, 6) is -0.661. The number of nitrogens with zero attached hydrogens (tertiary/aromatic N) is 4. The average molecular weight is 678 g/mol. The number of carbonyl (C=O) groups excluding carboxylic acids is 1. The Morgan fingerprint density at radius 1 is 1.19 bits per heavy atom. The summed E-state index contributed by atoms with van der Waals surface area (Å²) < 4.78 is 78.1. The molecule has 12 nitrogen and oxygen atoms in total. The smallest absolute Gasteiger partial charge is 0.421 e. The van der Waals surface area contributed by atoms with Crippen LogP contribution in [0.4, 0.5) is 36.3 Å². The van der Waals surface area contributed by atoms with Crippen molar-refractivity contribution >= 4 is 39.1 Å². The highest BCUT2D eigenvalue weighted by Crippen LogP contribution is 2.36. The van der Waals surface area contributed by atoms with Gasteiger partial charge < -0.3 is 25.4 Å². The molecule has 0 saturated carbocycles. The highest BCUT2D eigenvalue weighted by Gasteiger charge is 2.36. The van der Waals surface area contributed by atoms with Crippen LogP contribution in [0.25, 0.3) is 0 Å². The number of amides is 1. The number of aryl methyl sites for hydroxylation is 1. The Hall–Kier alpha value is -4.15. The number of methoxy groups -OCH3 is 1. The maximum absolute atomic E-state index is 13.9. The first-order valence-corrected chi connectivity index (χ1v) is 16.9. The van der Waals surface area contributed by atoms with Crippen LogP contribution in [0.3, 0.4) is 0 Å². The zero-order valence-corrected chi connectivity index (χ0v) is 27.3. The molecule has 3 N–H and O–H groups in total. The van der Waals surface area contributed by atoms with Crippen LogP contribution in [0, 0.1) is 6.92 Å². The Morgan fingerprint density at radius 3 is 2.62 bits per heavy atom. The number of nitrogens with one attached hydrogen (secondary N) is 3. The fraction of sp³-hybridized carbons (Fsp3) is 0.452. The van der Waals surface area contributed by atoms with Crippen LogP contribution in [0.2, 0.25) is 0 Å². The number of alkyl halides is 3. The lowest BCUT2D eigenvalue weighted by Gasteiger charge is -2.42. The standard InChI is InChI=1S/C31H38F3N7O5S/c1-19-7-8-21(26(12-19)40(2)47(4,43)44)14-35-28-24(31(32,33)34)15-36-30(39-28)38-25-10-9-20(13-27(25)45-3)29(42)37-22-6-5-11-41(16-22)23-17-46-18-23/h7-10,12-13,15,22-23H,5-6,11,14,16-18H2,1-4H3,(H,37,42)(H2,35,36,38,39). The van der Waals surface area contributed by atoms with E-state index < -0.39 is 27.6 Å². The van der Waals surface area contributed by atoms with E-state index in [2.05, 4.69) is 30.8 Å². The molecule has 5 rings (SSSR count). The summed E-state index contributed by atoms with van der Waals surface area (Å²) in [5.41, 5.74) is 1.14. The van der Waals surface area contributed by atoms with Crippen molar-refractivity contribution in [2.45, 2.75) is 44.6 Å². The van der Waals surface area contributed by atoms with Gasteiger partial charge in [0.05, 0.1) is 44.0 Å². The molecule has 2 aliphatic heterocycles. The summed E-state index contributed by atoms with van der Waals surface area (Å²) >= 11 is 0. The normalized spacial score (nSPS) is 17.5. The summed E-state index contributed by atoms with van der Waals surface area (Å²) in [4.78, 5) is 23.4. The number of hydrogen-bond acceptors (Lipinski definition) is 10. The summed E-state index contributed by atoms with van der Waals surface area (Å²) in [7, 11) is -0.845. The number of likely N-dealkylation sites (tertiary alicyclic amines) is 1. The second kappa shape index (κ2) is 13.9. The van der Waals surface area contributed by atoms with Crippen molar-refractivity contribution in [2.75, 3.05) is 61.7 Å². The van der Waals surface area contributed by atoms with Gasteiger partial charge in [0, 0.05) is 37.9 Å². The van der Waals surface area contributed by atoms with Crippen molar-refractivity contribution in [3.05, 3.63) is 64.8 Å². The molecular weight excluding hydrogens is 639 g/mol. The second-order valence-electron chi connectivity index (χ2n) is 11.7. The largest absolute Gasteiger partial charge is 0.495 e. The molecule has 3 heterocycles. The van der Waals surface area contributed by atoms with Gasteiger partial charge in [-0.25, -0.2) is 13.4 Å². The maximum Gasteiger partial charge on any atom is 0.421 e. The molecular formula is C31H38F3N7O5S. The molecule has 0 spiro atoms. The molecule has 1 atom stereocenters. The molecule has 2 fully saturated rings. The van der Waals surface area contributed by atoms with E-state index in [0.717, 1.165) is 42.1 Å². The fourth-order valence-electron chi connectivity index (χ4n) is 5.47. The molecule has 1 aromatic heterocycles. The van der Waals surface area contributed by atoms with Crippen molar-refractivity contribution in [3.8, 4) is 5.75 Å². The van der Waals surface area contributed by atoms with Gasteiger partial charge in [-0.2, -0.15) is 18.2 Å². The van der Waals surface area contributed by atoms with E-state index in [1.165, 1.54) is 14.2 Å². The van der Waals surface area contributed by atoms with Gasteiger partial charge in [-0.1, -0.05) is 12.1 Å². The Balaban J connectivity index is 1.33. The van der Waals surface area contributed by atoms with E-state index in [-0.39, 0.29) is 30.2 Å². The lowest BCUT2D eigenvalue weighted by molar-refractivity contribution is -0.137. The van der Waals surface area contributed by atoms with Gasteiger partial charge in [-0.05, 0) is 61.7 Å². The summed E-state index contributed by atoms with van der Waals surface area (Å²) in [6.07, 6.45) is -1.22. The van der Waals surface area contributed by atoms with Crippen molar-refractivity contribution in [3.63, 3.8) is 0 Å². The van der Waals surface area contributed by atoms with Crippen LogP contribution >= 0.6 is 0 Å². The molecule has 47 heavy (non-hydrogen) atoms. The van der Waals surface area contributed by atoms with Gasteiger partial charge in [-0.15, -0.1) is 0 Å². The van der Waals surface area contributed by atoms with E-state index in [0.29, 0.717) is 48.0 Å². The average Bonchev–Trinajstić information content (AvgIpc) is 2.98. The summed E-state index contributed by atoms with van der Waals surface area (Å²) in [5, 5.41) is 8.69. The van der Waals surface area contributed by atoms with E-state index in [1.54, 1.807) is 43.3 Å². The van der Waals surface area contributed by atoms with E-state index in [4.69, 9.17) is 9.47 Å². The molecule has 2 saturated heterocycles. The molecule has 0 aliphatic carbocycles. The van der Waals surface area contributed by atoms with Crippen LogP contribution in [0.1, 0.15) is 39.9 Å². The van der Waals surface area contributed by atoms with E-state index >= 15 is 0 Å². The Morgan fingerprint density at radius 2 is 1.96 bits per heavy atom. The van der Waals surface area contributed by atoms with Crippen LogP contribution in [-0.2, 0) is 27.5 Å². The third-order valence-electron chi connectivity index (χ3n) is 8.25. The van der Waals surface area contributed by atoms with Crippen LogP contribution in [0.5, 0.6) is 5.75 Å². The highest BCUT2D eigenvalue weighted by atomic mass is 32.2. The predicted octanol–water partition coefficient (Wildman–Crippen LogP) is 4.16. The number of rotatable bonds is 11. The molecule has 254 valence electrons. The van der Waals surface area contributed by atoms with Crippen molar-refractivity contribution in [1.82, 2.24) is 20.2 Å². The number of aromatic nitrogens is 2. The maximum atomic E-state index is 13.9. The highest BCUT2D eigenvalue weighted by molar-refractivity contribution is 7.92. The first kappa shape index (κ1) is 34.2. The molecule has 0 bridgehead atoms. The molecule has 1 unspecified atom stereocenters. The SMILES string of the molecule is COc1cc(C(=O)NC2CCCN(C3COC3)C2)ccc1Nc1ncc(C(F)(F)F)c(NCc2ccc(C)cc2N(C)S(C)(=O)=O)n1. The molecule has 16 heteroatoms. The van der Waals surface area contributed by atoms with Gasteiger partial charge in [0.25, 0.3) is 5.91 Å². The predicted molar refractivity (Wildman–Crippen MR) is 172 cm³/mol. The lowest BCUT2D eigenvalue weighted by atomic mass is 10.0. The minimum absolute atomic E-state index is 0.00474. The van der Waals surface area contributed by atoms with E-state index in [9.17, 15) is 26.4 Å². The molecule has 2 aromatic carbocycles. The number of piperidine rings is 1. The van der Waals surface area contributed by atoms with Crippen molar-refractivity contribution in [1.29, 1.82) is 0 Å². The van der Waals surface area contributed by atoms with Gasteiger partial charge in [0.15, 0.2) is 0 Å². The Bertz CT molecular complexity index is 1720. The molecule has 2 aliphatic rings. The minimum atomic E-state index is -4.77. The number of benzene rings is 2. The molecule has 1 amide bonds. The summed E-state index contributed by atoms with van der Waals surface area (Å²) in [6.45, 7) is 4.77. The Kier molecular flexibility index (Phi) is 10.1. The van der Waals surface area contributed by atoms with Crippen LogP contribution in [0.15, 0.2) is 42.6 Å². The number of sulfonamides is 1. The van der Waals surface area contributed by atoms with Gasteiger partial charge in [0.1, 0.15) is 17.1 Å². The quantitative estimate of drug-likeness (QED) is 0.271. The minimum Gasteiger partial charge on any atom is -0.495 e. The van der Waals surface area contributed by atoms with Gasteiger partial charge >= 0.3 is 6.18 Å².